The van der Waals surface area contributed by atoms with Gasteiger partial charge in [-0.3, -0.25) is 10.1 Å². The van der Waals surface area contributed by atoms with Crippen LogP contribution in [0.5, 0.6) is 0 Å². The van der Waals surface area contributed by atoms with Crippen LogP contribution in [0.4, 0.5) is 18.9 Å². The molecule has 1 aliphatic heterocycles. The SMILES string of the molecule is Cc1nc([C@H]2OCC[C@H]2CNc2ccnc(C(F)(F)F)c2)n[nH]1. The van der Waals surface area contributed by atoms with Crippen LogP contribution < -0.4 is 5.32 Å². The van der Waals surface area contributed by atoms with Gasteiger partial charge in [0, 0.05) is 31.0 Å². The van der Waals surface area contributed by atoms with E-state index in [1.165, 1.54) is 6.07 Å². The lowest BCUT2D eigenvalue weighted by Crippen LogP contribution is -2.19. The summed E-state index contributed by atoms with van der Waals surface area (Å²) in [7, 11) is 0. The van der Waals surface area contributed by atoms with Gasteiger partial charge in [-0.2, -0.15) is 18.3 Å². The minimum atomic E-state index is -4.45. The number of hydrogen-bond donors (Lipinski definition) is 2. The van der Waals surface area contributed by atoms with E-state index in [1.807, 2.05) is 0 Å². The van der Waals surface area contributed by atoms with E-state index >= 15 is 0 Å². The predicted molar refractivity (Wildman–Crippen MR) is 75.6 cm³/mol. The molecule has 0 radical (unpaired) electrons. The zero-order valence-electron chi connectivity index (χ0n) is 12.4. The Balaban J connectivity index is 1.66. The highest BCUT2D eigenvalue weighted by Crippen LogP contribution is 2.33. The second kappa shape index (κ2) is 6.15. The molecule has 9 heteroatoms. The number of aromatic nitrogens is 4. The van der Waals surface area contributed by atoms with Gasteiger partial charge in [-0.05, 0) is 25.5 Å². The van der Waals surface area contributed by atoms with Crippen LogP contribution >= 0.6 is 0 Å². The zero-order chi connectivity index (χ0) is 16.4. The number of nitrogens with zero attached hydrogens (tertiary/aromatic N) is 3. The molecule has 0 unspecified atom stereocenters. The van der Waals surface area contributed by atoms with Gasteiger partial charge in [0.15, 0.2) is 5.82 Å². The molecule has 2 aromatic rings. The van der Waals surface area contributed by atoms with Gasteiger partial charge in [-0.15, -0.1) is 0 Å². The fourth-order valence-electron chi connectivity index (χ4n) is 2.56. The van der Waals surface area contributed by atoms with Gasteiger partial charge in [-0.1, -0.05) is 0 Å². The molecule has 0 spiro atoms. The number of nitrogens with one attached hydrogen (secondary N) is 2. The highest BCUT2D eigenvalue weighted by molar-refractivity contribution is 5.43. The molecule has 23 heavy (non-hydrogen) atoms. The molecule has 3 rings (SSSR count). The Morgan fingerprint density at radius 3 is 2.96 bits per heavy atom. The number of anilines is 1. The Hall–Kier alpha value is -2.16. The van der Waals surface area contributed by atoms with E-state index in [9.17, 15) is 13.2 Å². The summed E-state index contributed by atoms with van der Waals surface area (Å²) in [4.78, 5) is 7.61. The molecule has 0 bridgehead atoms. The lowest BCUT2D eigenvalue weighted by Gasteiger charge is -2.17. The van der Waals surface area contributed by atoms with Crippen molar-refractivity contribution in [3.8, 4) is 0 Å². The topological polar surface area (TPSA) is 75.7 Å². The summed E-state index contributed by atoms with van der Waals surface area (Å²) in [5.41, 5.74) is -0.532. The lowest BCUT2D eigenvalue weighted by molar-refractivity contribution is -0.141. The van der Waals surface area contributed by atoms with Crippen LogP contribution in [-0.2, 0) is 10.9 Å². The maximum atomic E-state index is 12.7. The second-order valence-corrected chi connectivity index (χ2v) is 5.43. The summed E-state index contributed by atoms with van der Waals surface area (Å²) in [5, 5.41) is 9.89. The van der Waals surface area contributed by atoms with Crippen molar-refractivity contribution in [3.63, 3.8) is 0 Å². The quantitative estimate of drug-likeness (QED) is 0.903. The molecule has 6 nitrogen and oxygen atoms in total. The van der Waals surface area contributed by atoms with Crippen molar-refractivity contribution >= 4 is 5.69 Å². The number of H-pyrrole nitrogens is 1. The molecule has 2 atom stereocenters. The monoisotopic (exact) mass is 327 g/mol. The van der Waals surface area contributed by atoms with E-state index in [0.29, 0.717) is 30.5 Å². The third-order valence-corrected chi connectivity index (χ3v) is 3.70. The molecule has 1 fully saturated rings. The first kappa shape index (κ1) is 15.7. The van der Waals surface area contributed by atoms with Crippen LogP contribution in [0.25, 0.3) is 0 Å². The normalized spacial score (nSPS) is 21.6. The van der Waals surface area contributed by atoms with Crippen molar-refractivity contribution in [2.75, 3.05) is 18.5 Å². The van der Waals surface area contributed by atoms with E-state index in [0.717, 1.165) is 18.7 Å². The Kier molecular flexibility index (Phi) is 4.20. The highest BCUT2D eigenvalue weighted by atomic mass is 19.4. The predicted octanol–water partition coefficient (Wildman–Crippen LogP) is 2.72. The third-order valence-electron chi connectivity index (χ3n) is 3.70. The molecule has 3 heterocycles. The number of hydrogen-bond acceptors (Lipinski definition) is 5. The minimum Gasteiger partial charge on any atom is -0.385 e. The Bertz CT molecular complexity index is 672. The van der Waals surface area contributed by atoms with Crippen molar-refractivity contribution in [2.45, 2.75) is 25.6 Å². The number of alkyl halides is 3. The fourth-order valence-corrected chi connectivity index (χ4v) is 2.56. The smallest absolute Gasteiger partial charge is 0.385 e. The van der Waals surface area contributed by atoms with Gasteiger partial charge < -0.3 is 10.1 Å². The largest absolute Gasteiger partial charge is 0.433 e. The van der Waals surface area contributed by atoms with Crippen LogP contribution in [0, 0.1) is 12.8 Å². The van der Waals surface area contributed by atoms with Crippen molar-refractivity contribution in [2.24, 2.45) is 5.92 Å². The van der Waals surface area contributed by atoms with Crippen LogP contribution in [0.1, 0.15) is 29.9 Å². The van der Waals surface area contributed by atoms with Crippen molar-refractivity contribution in [3.05, 3.63) is 35.7 Å². The zero-order valence-corrected chi connectivity index (χ0v) is 12.4. The van der Waals surface area contributed by atoms with Crippen molar-refractivity contribution < 1.29 is 17.9 Å². The molecule has 124 valence electrons. The number of pyridine rings is 1. The summed E-state index contributed by atoms with van der Waals surface area (Å²) in [6.07, 6.45) is -2.77. The number of aryl methyl sites for hydroxylation is 1. The average molecular weight is 327 g/mol. The van der Waals surface area contributed by atoms with Gasteiger partial charge in [0.2, 0.25) is 0 Å². The van der Waals surface area contributed by atoms with Crippen LogP contribution in [0.3, 0.4) is 0 Å². The van der Waals surface area contributed by atoms with Gasteiger partial charge >= 0.3 is 6.18 Å². The fraction of sp³-hybridized carbons (Fsp3) is 0.500. The van der Waals surface area contributed by atoms with Crippen molar-refractivity contribution in [1.29, 1.82) is 0 Å². The summed E-state index contributed by atoms with van der Waals surface area (Å²) in [6.45, 7) is 2.85. The van der Waals surface area contributed by atoms with E-state index in [-0.39, 0.29) is 12.0 Å². The van der Waals surface area contributed by atoms with E-state index in [4.69, 9.17) is 4.74 Å². The Labute approximate surface area is 130 Å². The van der Waals surface area contributed by atoms with Gasteiger partial charge in [0.05, 0.1) is 0 Å². The number of aromatic amines is 1. The molecule has 0 saturated carbocycles. The van der Waals surface area contributed by atoms with Gasteiger partial charge in [0.1, 0.15) is 17.6 Å². The Morgan fingerprint density at radius 1 is 1.43 bits per heavy atom. The molecule has 0 aromatic carbocycles. The number of rotatable bonds is 4. The van der Waals surface area contributed by atoms with Gasteiger partial charge in [0.25, 0.3) is 0 Å². The summed E-state index contributed by atoms with van der Waals surface area (Å²) in [6, 6.07) is 2.51. The molecular formula is C14H16F3N5O. The molecule has 2 aromatic heterocycles. The average Bonchev–Trinajstić information content (AvgIpc) is 3.13. The summed E-state index contributed by atoms with van der Waals surface area (Å²) < 4.78 is 43.6. The lowest BCUT2D eigenvalue weighted by atomic mass is 10.0. The third kappa shape index (κ3) is 3.61. The van der Waals surface area contributed by atoms with Crippen LogP contribution in [0.2, 0.25) is 0 Å². The molecule has 1 aliphatic rings. The molecule has 0 amide bonds. The maximum absolute atomic E-state index is 12.7. The van der Waals surface area contributed by atoms with E-state index in [2.05, 4.69) is 25.5 Å². The first-order chi connectivity index (χ1) is 10.9. The van der Waals surface area contributed by atoms with Gasteiger partial charge in [-0.25, -0.2) is 4.98 Å². The van der Waals surface area contributed by atoms with E-state index < -0.39 is 11.9 Å². The first-order valence-corrected chi connectivity index (χ1v) is 7.21. The maximum Gasteiger partial charge on any atom is 0.433 e. The summed E-state index contributed by atoms with van der Waals surface area (Å²) >= 11 is 0. The highest BCUT2D eigenvalue weighted by Gasteiger charge is 2.34. The molecular weight excluding hydrogens is 311 g/mol. The second-order valence-electron chi connectivity index (χ2n) is 5.43. The van der Waals surface area contributed by atoms with Crippen LogP contribution in [-0.4, -0.2) is 33.3 Å². The summed E-state index contributed by atoms with van der Waals surface area (Å²) in [5.74, 6) is 1.37. The molecule has 1 saturated heterocycles. The van der Waals surface area contributed by atoms with Crippen molar-refractivity contribution in [1.82, 2.24) is 20.2 Å². The number of halogens is 3. The van der Waals surface area contributed by atoms with E-state index in [1.54, 1.807) is 6.92 Å². The molecule has 0 aliphatic carbocycles. The van der Waals surface area contributed by atoms with Crippen LogP contribution in [0.15, 0.2) is 18.3 Å². The number of ether oxygens (including phenoxy) is 1. The standard InChI is InChI=1S/C14H16F3N5O/c1-8-20-13(22-21-8)12-9(3-5-23-12)7-19-10-2-4-18-11(6-10)14(15,16)17/h2,4,6,9,12H,3,5,7H2,1H3,(H,18,19)(H,20,21,22)/t9-,12-/m0/s1. The first-order valence-electron chi connectivity index (χ1n) is 7.21. The molecule has 2 N–H and O–H groups in total. The minimum absolute atomic E-state index is 0.0905. The Morgan fingerprint density at radius 2 is 2.26 bits per heavy atom.